The van der Waals surface area contributed by atoms with E-state index in [0.717, 1.165) is 11.8 Å². The Kier molecular flexibility index (Phi) is 7.82. The van der Waals surface area contributed by atoms with Crippen LogP contribution in [-0.2, 0) is 0 Å². The summed E-state index contributed by atoms with van der Waals surface area (Å²) in [7, 11) is 0. The Bertz CT molecular complexity index is 186. The van der Waals surface area contributed by atoms with Crippen LogP contribution in [0.3, 0.4) is 0 Å². The molecule has 0 heterocycles. The van der Waals surface area contributed by atoms with Gasteiger partial charge in [0.1, 0.15) is 0 Å². The van der Waals surface area contributed by atoms with E-state index in [1.807, 2.05) is 0 Å². The minimum atomic E-state index is 0.830. The van der Waals surface area contributed by atoms with E-state index in [4.69, 9.17) is 0 Å². The SMILES string of the molecule is CCCCC(C/C(C)=C(/C)CC)C(C)C. The van der Waals surface area contributed by atoms with Crippen molar-refractivity contribution in [1.82, 2.24) is 0 Å². The summed E-state index contributed by atoms with van der Waals surface area (Å²) in [6.07, 6.45) is 6.66. The van der Waals surface area contributed by atoms with Gasteiger partial charge in [-0.1, -0.05) is 51.7 Å². The maximum absolute atomic E-state index is 2.37. The van der Waals surface area contributed by atoms with Crippen molar-refractivity contribution >= 4 is 0 Å². The monoisotopic (exact) mass is 210 g/mol. The highest BCUT2D eigenvalue weighted by atomic mass is 14.2. The molecule has 0 aromatic carbocycles. The third-order valence-corrected chi connectivity index (χ3v) is 3.70. The average molecular weight is 210 g/mol. The molecular formula is C15H30. The van der Waals surface area contributed by atoms with Gasteiger partial charge in [-0.05, 0) is 44.9 Å². The number of hydrogen-bond donors (Lipinski definition) is 0. The highest BCUT2D eigenvalue weighted by Gasteiger charge is 2.13. The fourth-order valence-corrected chi connectivity index (χ4v) is 2.01. The Morgan fingerprint density at radius 2 is 1.60 bits per heavy atom. The van der Waals surface area contributed by atoms with Crippen LogP contribution in [0.4, 0.5) is 0 Å². The summed E-state index contributed by atoms with van der Waals surface area (Å²) in [6, 6.07) is 0. The lowest BCUT2D eigenvalue weighted by Gasteiger charge is -2.22. The van der Waals surface area contributed by atoms with Crippen LogP contribution in [0, 0.1) is 11.8 Å². The van der Waals surface area contributed by atoms with Crippen molar-refractivity contribution in [2.45, 2.75) is 73.6 Å². The molecule has 0 rings (SSSR count). The molecule has 1 atom stereocenters. The van der Waals surface area contributed by atoms with Crippen molar-refractivity contribution in [2.75, 3.05) is 0 Å². The van der Waals surface area contributed by atoms with Gasteiger partial charge >= 0.3 is 0 Å². The van der Waals surface area contributed by atoms with Gasteiger partial charge in [-0.15, -0.1) is 0 Å². The Labute approximate surface area is 97.2 Å². The van der Waals surface area contributed by atoms with Crippen molar-refractivity contribution in [3.8, 4) is 0 Å². The first-order valence-electron chi connectivity index (χ1n) is 6.68. The fraction of sp³-hybridized carbons (Fsp3) is 0.867. The molecule has 0 aromatic rings. The predicted octanol–water partition coefficient (Wildman–Crippen LogP) is 5.59. The zero-order valence-corrected chi connectivity index (χ0v) is 11.7. The van der Waals surface area contributed by atoms with Crippen LogP contribution < -0.4 is 0 Å². The first kappa shape index (κ1) is 14.7. The Hall–Kier alpha value is -0.260. The van der Waals surface area contributed by atoms with Crippen molar-refractivity contribution < 1.29 is 0 Å². The predicted molar refractivity (Wildman–Crippen MR) is 71.1 cm³/mol. The van der Waals surface area contributed by atoms with E-state index in [2.05, 4.69) is 41.5 Å². The molecule has 0 N–H and O–H groups in total. The van der Waals surface area contributed by atoms with E-state index in [1.54, 1.807) is 11.1 Å². The number of allylic oxidation sites excluding steroid dienone is 2. The van der Waals surface area contributed by atoms with E-state index < -0.39 is 0 Å². The van der Waals surface area contributed by atoms with E-state index >= 15 is 0 Å². The Morgan fingerprint density at radius 3 is 2.00 bits per heavy atom. The standard InChI is InChI=1S/C15H30/c1-7-9-10-15(12(3)4)11-14(6)13(5)8-2/h12,15H,7-11H2,1-6H3/b14-13-. The molecular weight excluding hydrogens is 180 g/mol. The smallest absolute Gasteiger partial charge is 0.0290 e. The van der Waals surface area contributed by atoms with Crippen LogP contribution in [0.1, 0.15) is 73.6 Å². The maximum atomic E-state index is 2.37. The molecule has 0 aliphatic heterocycles. The summed E-state index contributed by atoms with van der Waals surface area (Å²) in [5.74, 6) is 1.72. The molecule has 0 saturated carbocycles. The molecule has 0 aromatic heterocycles. The first-order chi connectivity index (χ1) is 7.02. The molecule has 0 spiro atoms. The normalized spacial score (nSPS) is 15.4. The van der Waals surface area contributed by atoms with Crippen LogP contribution in [0.5, 0.6) is 0 Å². The van der Waals surface area contributed by atoms with E-state index in [1.165, 1.54) is 32.1 Å². The van der Waals surface area contributed by atoms with Gasteiger partial charge in [-0.2, -0.15) is 0 Å². The number of unbranched alkanes of at least 4 members (excludes halogenated alkanes) is 1. The van der Waals surface area contributed by atoms with Crippen LogP contribution in [0.15, 0.2) is 11.1 Å². The minimum Gasteiger partial charge on any atom is -0.0747 e. The maximum Gasteiger partial charge on any atom is -0.0290 e. The largest absolute Gasteiger partial charge is 0.0747 e. The molecule has 0 saturated heterocycles. The van der Waals surface area contributed by atoms with Gasteiger partial charge in [0.25, 0.3) is 0 Å². The zero-order chi connectivity index (χ0) is 11.8. The van der Waals surface area contributed by atoms with Crippen molar-refractivity contribution in [3.05, 3.63) is 11.1 Å². The Balaban J connectivity index is 4.28. The minimum absolute atomic E-state index is 0.830. The summed E-state index contributed by atoms with van der Waals surface area (Å²) < 4.78 is 0. The van der Waals surface area contributed by atoms with E-state index in [0.29, 0.717) is 0 Å². The second kappa shape index (κ2) is 7.96. The summed E-state index contributed by atoms with van der Waals surface area (Å²) in [4.78, 5) is 0. The van der Waals surface area contributed by atoms with E-state index in [9.17, 15) is 0 Å². The third kappa shape index (κ3) is 6.02. The van der Waals surface area contributed by atoms with Crippen LogP contribution in [0.25, 0.3) is 0 Å². The lowest BCUT2D eigenvalue weighted by atomic mass is 9.84. The van der Waals surface area contributed by atoms with E-state index in [-0.39, 0.29) is 0 Å². The third-order valence-electron chi connectivity index (χ3n) is 3.70. The molecule has 0 fully saturated rings. The van der Waals surface area contributed by atoms with Gasteiger partial charge < -0.3 is 0 Å². The highest BCUT2D eigenvalue weighted by Crippen LogP contribution is 2.27. The van der Waals surface area contributed by atoms with Crippen LogP contribution >= 0.6 is 0 Å². The molecule has 0 radical (unpaired) electrons. The van der Waals surface area contributed by atoms with Gasteiger partial charge in [0.2, 0.25) is 0 Å². The van der Waals surface area contributed by atoms with Crippen molar-refractivity contribution in [2.24, 2.45) is 11.8 Å². The van der Waals surface area contributed by atoms with Crippen LogP contribution in [0.2, 0.25) is 0 Å². The molecule has 0 aliphatic carbocycles. The molecule has 0 aliphatic rings. The quantitative estimate of drug-likeness (QED) is 0.481. The zero-order valence-electron chi connectivity index (χ0n) is 11.7. The number of rotatable bonds is 7. The van der Waals surface area contributed by atoms with Gasteiger partial charge in [-0.3, -0.25) is 0 Å². The molecule has 15 heavy (non-hydrogen) atoms. The topological polar surface area (TPSA) is 0 Å². The summed E-state index contributed by atoms with van der Waals surface area (Å²) >= 11 is 0. The molecule has 0 amide bonds. The number of hydrogen-bond acceptors (Lipinski definition) is 0. The second-order valence-corrected chi connectivity index (χ2v) is 5.26. The van der Waals surface area contributed by atoms with Crippen molar-refractivity contribution in [3.63, 3.8) is 0 Å². The summed E-state index contributed by atoms with van der Waals surface area (Å²) in [5.41, 5.74) is 3.23. The highest BCUT2D eigenvalue weighted by molar-refractivity contribution is 5.09. The molecule has 1 unspecified atom stereocenters. The van der Waals surface area contributed by atoms with Crippen molar-refractivity contribution in [1.29, 1.82) is 0 Å². The fourth-order valence-electron chi connectivity index (χ4n) is 2.01. The summed E-state index contributed by atoms with van der Waals surface area (Å²) in [5, 5.41) is 0. The molecule has 0 heteroatoms. The van der Waals surface area contributed by atoms with Gasteiger partial charge in [-0.25, -0.2) is 0 Å². The van der Waals surface area contributed by atoms with Crippen LogP contribution in [-0.4, -0.2) is 0 Å². The first-order valence-corrected chi connectivity index (χ1v) is 6.68. The van der Waals surface area contributed by atoms with Gasteiger partial charge in [0.05, 0.1) is 0 Å². The second-order valence-electron chi connectivity index (χ2n) is 5.26. The van der Waals surface area contributed by atoms with Gasteiger partial charge in [0.15, 0.2) is 0 Å². The molecule has 0 bridgehead atoms. The molecule has 0 nitrogen and oxygen atoms in total. The lowest BCUT2D eigenvalue weighted by Crippen LogP contribution is -2.09. The molecule has 90 valence electrons. The lowest BCUT2D eigenvalue weighted by molar-refractivity contribution is 0.346. The Morgan fingerprint density at radius 1 is 1.00 bits per heavy atom. The van der Waals surface area contributed by atoms with Gasteiger partial charge in [0, 0.05) is 0 Å². The average Bonchev–Trinajstić information content (AvgIpc) is 2.22. The summed E-state index contributed by atoms with van der Waals surface area (Å²) in [6.45, 7) is 13.9.